The molecule has 0 fully saturated rings. The number of carbonyl (C=O) groups excluding carboxylic acids is 1. The smallest absolute Gasteiger partial charge is 0.345 e. The molecule has 0 aromatic carbocycles. The van der Waals surface area contributed by atoms with Gasteiger partial charge in [0.05, 0.1) is 7.11 Å². The first kappa shape index (κ1) is 13.3. The van der Waals surface area contributed by atoms with Crippen molar-refractivity contribution >= 4 is 28.9 Å². The molecule has 0 bridgehead atoms. The molecule has 102 valence electrons. The minimum Gasteiger partial charge on any atom is -0.465 e. The Kier molecular flexibility index (Phi) is 4.00. The molecular weight excluding hydrogens is 266 g/mol. The molecule has 19 heavy (non-hydrogen) atoms. The monoisotopic (exact) mass is 281 g/mol. The van der Waals surface area contributed by atoms with Crippen molar-refractivity contribution in [3.8, 4) is 5.13 Å². The Morgan fingerprint density at radius 2 is 2.42 bits per heavy atom. The molecule has 0 unspecified atom stereocenters. The second-order valence-corrected chi connectivity index (χ2v) is 4.63. The number of nitrogens with two attached hydrogens (primary N) is 1. The number of thiazole rings is 1. The second kappa shape index (κ2) is 5.70. The molecule has 0 saturated heterocycles. The fourth-order valence-electron chi connectivity index (χ4n) is 1.57. The highest BCUT2D eigenvalue weighted by atomic mass is 32.1. The average Bonchev–Trinajstić information content (AvgIpc) is 3.03. The molecule has 2 rings (SSSR count). The van der Waals surface area contributed by atoms with E-state index in [9.17, 15) is 4.79 Å². The maximum Gasteiger partial charge on any atom is 0.345 e. The van der Waals surface area contributed by atoms with Crippen LogP contribution in [0.3, 0.4) is 0 Å². The summed E-state index contributed by atoms with van der Waals surface area (Å²) in [5.41, 5.74) is 6.21. The maximum atomic E-state index is 11.8. The highest BCUT2D eigenvalue weighted by Gasteiger charge is 2.24. The van der Waals surface area contributed by atoms with E-state index in [4.69, 9.17) is 10.5 Å². The van der Waals surface area contributed by atoms with Crippen LogP contribution in [-0.2, 0) is 4.74 Å². The standard InChI is InChI=1S/C11H15N5O2S/c1-3-4-13-9-7(10(17)18-2)8(12)16(15-9)11-14-5-6-19-11/h5-6H,3-4,12H2,1-2H3,(H,13,15). The van der Waals surface area contributed by atoms with Gasteiger partial charge in [0.15, 0.2) is 5.82 Å². The molecule has 2 aromatic rings. The zero-order valence-electron chi connectivity index (χ0n) is 10.7. The van der Waals surface area contributed by atoms with Crippen LogP contribution in [0.15, 0.2) is 11.6 Å². The van der Waals surface area contributed by atoms with E-state index in [0.717, 1.165) is 6.42 Å². The third-order valence-electron chi connectivity index (χ3n) is 2.45. The summed E-state index contributed by atoms with van der Waals surface area (Å²) in [7, 11) is 1.31. The van der Waals surface area contributed by atoms with Crippen molar-refractivity contribution in [1.29, 1.82) is 0 Å². The van der Waals surface area contributed by atoms with Crippen LogP contribution in [0.5, 0.6) is 0 Å². The first-order valence-corrected chi connectivity index (χ1v) is 6.67. The van der Waals surface area contributed by atoms with Crippen LogP contribution in [-0.4, -0.2) is 34.4 Å². The molecule has 0 saturated carbocycles. The minimum absolute atomic E-state index is 0.223. The van der Waals surface area contributed by atoms with E-state index < -0.39 is 5.97 Å². The summed E-state index contributed by atoms with van der Waals surface area (Å²) in [6.07, 6.45) is 2.56. The molecule has 7 nitrogen and oxygen atoms in total. The van der Waals surface area contributed by atoms with E-state index in [1.807, 2.05) is 12.3 Å². The first-order valence-electron chi connectivity index (χ1n) is 5.79. The van der Waals surface area contributed by atoms with Crippen LogP contribution < -0.4 is 11.1 Å². The van der Waals surface area contributed by atoms with E-state index in [1.165, 1.54) is 23.1 Å². The molecule has 2 heterocycles. The highest BCUT2D eigenvalue weighted by molar-refractivity contribution is 7.12. The fourth-order valence-corrected chi connectivity index (χ4v) is 2.17. The number of nitrogens with one attached hydrogen (secondary N) is 1. The lowest BCUT2D eigenvalue weighted by Gasteiger charge is -2.02. The SMILES string of the molecule is CCCNc1nn(-c2nccs2)c(N)c1C(=O)OC. The highest BCUT2D eigenvalue weighted by Crippen LogP contribution is 2.26. The number of methoxy groups -OCH3 is 1. The zero-order chi connectivity index (χ0) is 13.8. The molecule has 3 N–H and O–H groups in total. The van der Waals surface area contributed by atoms with Crippen molar-refractivity contribution in [2.24, 2.45) is 0 Å². The van der Waals surface area contributed by atoms with Crippen molar-refractivity contribution in [1.82, 2.24) is 14.8 Å². The van der Waals surface area contributed by atoms with Crippen molar-refractivity contribution in [2.75, 3.05) is 24.7 Å². The van der Waals surface area contributed by atoms with Crippen LogP contribution in [0.2, 0.25) is 0 Å². The normalized spacial score (nSPS) is 10.4. The third-order valence-corrected chi connectivity index (χ3v) is 3.20. The predicted molar refractivity (Wildman–Crippen MR) is 73.8 cm³/mol. The average molecular weight is 281 g/mol. The van der Waals surface area contributed by atoms with Gasteiger partial charge in [-0.05, 0) is 6.42 Å². The van der Waals surface area contributed by atoms with E-state index in [2.05, 4.69) is 15.4 Å². The number of nitrogen functional groups attached to an aromatic ring is 1. The molecule has 0 aliphatic rings. The van der Waals surface area contributed by atoms with Crippen molar-refractivity contribution < 1.29 is 9.53 Å². The van der Waals surface area contributed by atoms with E-state index in [0.29, 0.717) is 17.5 Å². The molecule has 0 aliphatic carbocycles. The largest absolute Gasteiger partial charge is 0.465 e. The van der Waals surface area contributed by atoms with Gasteiger partial charge in [0.2, 0.25) is 5.13 Å². The summed E-state index contributed by atoms with van der Waals surface area (Å²) in [6.45, 7) is 2.71. The van der Waals surface area contributed by atoms with Crippen LogP contribution in [0, 0.1) is 0 Å². The van der Waals surface area contributed by atoms with Gasteiger partial charge in [-0.3, -0.25) is 0 Å². The molecular formula is C11H15N5O2S. The van der Waals surface area contributed by atoms with E-state index >= 15 is 0 Å². The van der Waals surface area contributed by atoms with Gasteiger partial charge in [0.1, 0.15) is 11.4 Å². The van der Waals surface area contributed by atoms with Crippen molar-refractivity contribution in [3.63, 3.8) is 0 Å². The molecule has 0 amide bonds. The Morgan fingerprint density at radius 1 is 1.63 bits per heavy atom. The molecule has 0 atom stereocenters. The van der Waals surface area contributed by atoms with Crippen LogP contribution in [0.4, 0.5) is 11.6 Å². The maximum absolute atomic E-state index is 11.8. The second-order valence-electron chi connectivity index (χ2n) is 3.75. The number of ether oxygens (including phenoxy) is 1. The topological polar surface area (TPSA) is 95.1 Å². The summed E-state index contributed by atoms with van der Waals surface area (Å²) in [4.78, 5) is 15.9. The Balaban J connectivity index is 2.47. The van der Waals surface area contributed by atoms with Gasteiger partial charge in [-0.25, -0.2) is 9.78 Å². The Bertz CT molecular complexity index is 564. The Labute approximate surface area is 114 Å². The number of nitrogens with zero attached hydrogens (tertiary/aromatic N) is 3. The van der Waals surface area contributed by atoms with Crippen molar-refractivity contribution in [2.45, 2.75) is 13.3 Å². The summed E-state index contributed by atoms with van der Waals surface area (Å²) in [5.74, 6) is 0.126. The summed E-state index contributed by atoms with van der Waals surface area (Å²) < 4.78 is 6.18. The quantitative estimate of drug-likeness (QED) is 0.807. The van der Waals surface area contributed by atoms with Crippen LogP contribution in [0.1, 0.15) is 23.7 Å². The van der Waals surface area contributed by atoms with Gasteiger partial charge in [-0.15, -0.1) is 16.4 Å². The lowest BCUT2D eigenvalue weighted by Crippen LogP contribution is -2.09. The van der Waals surface area contributed by atoms with Crippen LogP contribution in [0.25, 0.3) is 5.13 Å². The van der Waals surface area contributed by atoms with Gasteiger partial charge in [0, 0.05) is 18.1 Å². The fraction of sp³-hybridized carbons (Fsp3) is 0.364. The first-order chi connectivity index (χ1) is 9.19. The predicted octanol–water partition coefficient (Wildman–Crippen LogP) is 1.52. The number of esters is 1. The third kappa shape index (κ3) is 2.53. The minimum atomic E-state index is -0.515. The van der Waals surface area contributed by atoms with Crippen molar-refractivity contribution in [3.05, 3.63) is 17.1 Å². The number of hydrogen-bond acceptors (Lipinski definition) is 7. The van der Waals surface area contributed by atoms with Crippen LogP contribution >= 0.6 is 11.3 Å². The Hall–Kier alpha value is -2.09. The molecule has 8 heteroatoms. The molecule has 0 radical (unpaired) electrons. The van der Waals surface area contributed by atoms with Gasteiger partial charge in [0.25, 0.3) is 0 Å². The van der Waals surface area contributed by atoms with E-state index in [-0.39, 0.29) is 11.4 Å². The number of carbonyl (C=O) groups is 1. The Morgan fingerprint density at radius 3 is 3.00 bits per heavy atom. The number of hydrogen-bond donors (Lipinski definition) is 2. The van der Waals surface area contributed by atoms with Gasteiger partial charge >= 0.3 is 5.97 Å². The zero-order valence-corrected chi connectivity index (χ0v) is 11.5. The van der Waals surface area contributed by atoms with Gasteiger partial charge < -0.3 is 15.8 Å². The lowest BCUT2D eigenvalue weighted by atomic mass is 10.3. The molecule has 0 aliphatic heterocycles. The number of aromatic nitrogens is 3. The molecule has 2 aromatic heterocycles. The van der Waals surface area contributed by atoms with E-state index in [1.54, 1.807) is 6.20 Å². The lowest BCUT2D eigenvalue weighted by molar-refractivity contribution is 0.0603. The summed E-state index contributed by atoms with van der Waals surface area (Å²) in [5, 5.41) is 9.77. The van der Waals surface area contributed by atoms with Gasteiger partial charge in [-0.1, -0.05) is 6.92 Å². The molecule has 0 spiro atoms. The summed E-state index contributed by atoms with van der Waals surface area (Å²) >= 11 is 1.38. The summed E-state index contributed by atoms with van der Waals surface area (Å²) in [6, 6.07) is 0. The van der Waals surface area contributed by atoms with Gasteiger partial charge in [-0.2, -0.15) is 4.68 Å². The number of rotatable bonds is 5. The number of anilines is 2.